The van der Waals surface area contributed by atoms with Crippen LogP contribution in [0.5, 0.6) is 5.75 Å². The van der Waals surface area contributed by atoms with Crippen molar-refractivity contribution >= 4 is 0 Å². The fourth-order valence-electron chi connectivity index (χ4n) is 1.99. The summed E-state index contributed by atoms with van der Waals surface area (Å²) in [5.74, 6) is -0.158. The molecule has 0 aliphatic heterocycles. The topological polar surface area (TPSA) is 35.2 Å². The molecule has 3 heteroatoms. The number of methoxy groups -OCH3 is 1. The van der Waals surface area contributed by atoms with Crippen molar-refractivity contribution in [1.82, 2.24) is 0 Å². The molecule has 0 heterocycles. The molecule has 2 nitrogen and oxygen atoms in total. The van der Waals surface area contributed by atoms with Crippen LogP contribution in [0.4, 0.5) is 4.39 Å². The van der Waals surface area contributed by atoms with Crippen LogP contribution in [0.3, 0.4) is 0 Å². The third kappa shape index (κ3) is 2.36. The largest absolute Gasteiger partial charge is 0.494 e. The van der Waals surface area contributed by atoms with Crippen molar-refractivity contribution in [3.05, 3.63) is 65.0 Å². The van der Waals surface area contributed by atoms with Gasteiger partial charge in [0.25, 0.3) is 0 Å². The molecule has 94 valence electrons. The predicted octanol–water partition coefficient (Wildman–Crippen LogP) is 3.19. The van der Waals surface area contributed by atoms with Gasteiger partial charge in [-0.15, -0.1) is 0 Å². The van der Waals surface area contributed by atoms with Crippen molar-refractivity contribution in [2.45, 2.75) is 13.0 Å². The zero-order valence-corrected chi connectivity index (χ0v) is 10.5. The average Bonchev–Trinajstić information content (AvgIpc) is 2.38. The summed E-state index contributed by atoms with van der Waals surface area (Å²) in [6.45, 7) is 2.00. The molecule has 0 spiro atoms. The van der Waals surface area contributed by atoms with Crippen molar-refractivity contribution in [3.8, 4) is 5.75 Å². The molecule has 0 saturated carbocycles. The number of rotatable bonds is 3. The molecule has 2 aromatic carbocycles. The van der Waals surface area contributed by atoms with Crippen LogP contribution in [0, 0.1) is 12.7 Å². The quantitative estimate of drug-likeness (QED) is 0.901. The molecule has 18 heavy (non-hydrogen) atoms. The molecule has 2 rings (SSSR count). The van der Waals surface area contributed by atoms with Crippen LogP contribution in [-0.2, 0) is 0 Å². The Morgan fingerprint density at radius 3 is 2.50 bits per heavy atom. The van der Waals surface area contributed by atoms with E-state index in [-0.39, 0.29) is 17.6 Å². The summed E-state index contributed by atoms with van der Waals surface area (Å²) in [5.41, 5.74) is 9.01. The lowest BCUT2D eigenvalue weighted by molar-refractivity contribution is 0.386. The average molecular weight is 245 g/mol. The van der Waals surface area contributed by atoms with Gasteiger partial charge in [-0.25, -0.2) is 4.39 Å². The van der Waals surface area contributed by atoms with Gasteiger partial charge in [0.05, 0.1) is 13.2 Å². The van der Waals surface area contributed by atoms with E-state index >= 15 is 0 Å². The summed E-state index contributed by atoms with van der Waals surface area (Å²) < 4.78 is 18.5. The maximum atomic E-state index is 13.6. The van der Waals surface area contributed by atoms with Gasteiger partial charge in [-0.1, -0.05) is 30.3 Å². The number of hydrogen-bond acceptors (Lipinski definition) is 2. The molecule has 0 amide bonds. The standard InChI is InChI=1S/C15H16FNO/c1-10-5-3-4-6-12(10)15(17)11-7-8-14(18-2)13(16)9-11/h3-9,15H,17H2,1-2H3. The highest BCUT2D eigenvalue weighted by Gasteiger charge is 2.13. The number of benzene rings is 2. The van der Waals surface area contributed by atoms with Crippen LogP contribution in [0.2, 0.25) is 0 Å². The second kappa shape index (κ2) is 5.19. The molecular formula is C15H16FNO. The summed E-state index contributed by atoms with van der Waals surface area (Å²) in [6.07, 6.45) is 0. The lowest BCUT2D eigenvalue weighted by Crippen LogP contribution is -2.13. The van der Waals surface area contributed by atoms with E-state index in [1.165, 1.54) is 13.2 Å². The molecule has 0 radical (unpaired) electrons. The van der Waals surface area contributed by atoms with E-state index in [0.717, 1.165) is 16.7 Å². The van der Waals surface area contributed by atoms with Gasteiger partial charge in [-0.2, -0.15) is 0 Å². The molecule has 2 N–H and O–H groups in total. The second-order valence-electron chi connectivity index (χ2n) is 4.23. The number of ether oxygens (including phenoxy) is 1. The van der Waals surface area contributed by atoms with E-state index in [1.54, 1.807) is 12.1 Å². The van der Waals surface area contributed by atoms with Gasteiger partial charge in [-0.3, -0.25) is 0 Å². The Hall–Kier alpha value is -1.87. The monoisotopic (exact) mass is 245 g/mol. The first kappa shape index (κ1) is 12.6. The van der Waals surface area contributed by atoms with E-state index in [9.17, 15) is 4.39 Å². The third-order valence-corrected chi connectivity index (χ3v) is 3.06. The summed E-state index contributed by atoms with van der Waals surface area (Å²) >= 11 is 0. The Bertz CT molecular complexity index is 554. The van der Waals surface area contributed by atoms with Crippen LogP contribution in [0.25, 0.3) is 0 Å². The first-order chi connectivity index (χ1) is 8.63. The van der Waals surface area contributed by atoms with Crippen LogP contribution in [0.15, 0.2) is 42.5 Å². The predicted molar refractivity (Wildman–Crippen MR) is 70.2 cm³/mol. The Balaban J connectivity index is 2.37. The lowest BCUT2D eigenvalue weighted by Gasteiger charge is -2.15. The first-order valence-corrected chi connectivity index (χ1v) is 5.78. The molecule has 1 atom stereocenters. The first-order valence-electron chi connectivity index (χ1n) is 5.78. The van der Waals surface area contributed by atoms with Gasteiger partial charge in [-0.05, 0) is 35.7 Å². The molecule has 0 bridgehead atoms. The minimum Gasteiger partial charge on any atom is -0.494 e. The van der Waals surface area contributed by atoms with E-state index in [1.807, 2.05) is 31.2 Å². The van der Waals surface area contributed by atoms with Crippen LogP contribution in [-0.4, -0.2) is 7.11 Å². The Kier molecular flexibility index (Phi) is 3.63. The van der Waals surface area contributed by atoms with E-state index in [2.05, 4.69) is 0 Å². The maximum absolute atomic E-state index is 13.6. The minimum absolute atomic E-state index is 0.232. The molecule has 1 unspecified atom stereocenters. The van der Waals surface area contributed by atoms with Crippen molar-refractivity contribution in [3.63, 3.8) is 0 Å². The van der Waals surface area contributed by atoms with Crippen molar-refractivity contribution in [2.24, 2.45) is 5.73 Å². The van der Waals surface area contributed by atoms with Crippen molar-refractivity contribution in [2.75, 3.05) is 7.11 Å². The van der Waals surface area contributed by atoms with E-state index in [4.69, 9.17) is 10.5 Å². The number of hydrogen-bond donors (Lipinski definition) is 1. The normalized spacial score (nSPS) is 12.2. The van der Waals surface area contributed by atoms with Gasteiger partial charge in [0.2, 0.25) is 0 Å². The zero-order chi connectivity index (χ0) is 13.1. The second-order valence-corrected chi connectivity index (χ2v) is 4.23. The van der Waals surface area contributed by atoms with Gasteiger partial charge in [0, 0.05) is 0 Å². The third-order valence-electron chi connectivity index (χ3n) is 3.06. The van der Waals surface area contributed by atoms with Gasteiger partial charge < -0.3 is 10.5 Å². The van der Waals surface area contributed by atoms with Crippen molar-refractivity contribution < 1.29 is 9.13 Å². The molecule has 0 aliphatic carbocycles. The van der Waals surface area contributed by atoms with Crippen LogP contribution < -0.4 is 10.5 Å². The Morgan fingerprint density at radius 1 is 1.17 bits per heavy atom. The molecule has 0 saturated heterocycles. The Morgan fingerprint density at radius 2 is 1.89 bits per heavy atom. The highest BCUT2D eigenvalue weighted by atomic mass is 19.1. The van der Waals surface area contributed by atoms with Crippen molar-refractivity contribution in [1.29, 1.82) is 0 Å². The van der Waals surface area contributed by atoms with Crippen LogP contribution in [0.1, 0.15) is 22.7 Å². The highest BCUT2D eigenvalue weighted by Crippen LogP contribution is 2.26. The summed E-state index contributed by atoms with van der Waals surface area (Å²) in [6, 6.07) is 12.3. The highest BCUT2D eigenvalue weighted by molar-refractivity contribution is 5.39. The zero-order valence-electron chi connectivity index (χ0n) is 10.5. The lowest BCUT2D eigenvalue weighted by atomic mass is 9.96. The van der Waals surface area contributed by atoms with Crippen LogP contribution >= 0.6 is 0 Å². The SMILES string of the molecule is COc1ccc(C(N)c2ccccc2C)cc1F. The fourth-order valence-corrected chi connectivity index (χ4v) is 1.99. The summed E-state index contributed by atoms with van der Waals surface area (Å²) in [7, 11) is 1.44. The molecule has 2 aromatic rings. The maximum Gasteiger partial charge on any atom is 0.165 e. The smallest absolute Gasteiger partial charge is 0.165 e. The molecule has 0 fully saturated rings. The molecule has 0 aromatic heterocycles. The number of halogens is 1. The molecule has 0 aliphatic rings. The number of nitrogens with two attached hydrogens (primary N) is 1. The van der Waals surface area contributed by atoms with Gasteiger partial charge >= 0.3 is 0 Å². The van der Waals surface area contributed by atoms with Gasteiger partial charge in [0.15, 0.2) is 11.6 Å². The van der Waals surface area contributed by atoms with E-state index in [0.29, 0.717) is 0 Å². The number of aryl methyl sites for hydroxylation is 1. The Labute approximate surface area is 106 Å². The fraction of sp³-hybridized carbons (Fsp3) is 0.200. The molecular weight excluding hydrogens is 229 g/mol. The summed E-state index contributed by atoms with van der Waals surface area (Å²) in [4.78, 5) is 0. The summed E-state index contributed by atoms with van der Waals surface area (Å²) in [5, 5.41) is 0. The minimum atomic E-state index is -0.390. The van der Waals surface area contributed by atoms with Gasteiger partial charge in [0.1, 0.15) is 0 Å². The van der Waals surface area contributed by atoms with E-state index < -0.39 is 0 Å².